The van der Waals surface area contributed by atoms with Crippen LogP contribution in [0.25, 0.3) is 0 Å². The monoisotopic (exact) mass is 137 g/mol. The minimum absolute atomic E-state index is 0.152. The zero-order valence-corrected chi connectivity index (χ0v) is 5.84. The van der Waals surface area contributed by atoms with E-state index in [0.29, 0.717) is 0 Å². The number of furan rings is 1. The molecule has 2 heteroatoms. The highest BCUT2D eigenvalue weighted by Crippen LogP contribution is 2.27. The maximum Gasteiger partial charge on any atom is 0.123 e. The molecule has 2 N–H and O–H groups in total. The van der Waals surface area contributed by atoms with Gasteiger partial charge >= 0.3 is 0 Å². The molecule has 10 heavy (non-hydrogen) atoms. The van der Waals surface area contributed by atoms with Gasteiger partial charge in [-0.25, -0.2) is 0 Å². The molecule has 2 nitrogen and oxygen atoms in total. The highest BCUT2D eigenvalue weighted by atomic mass is 16.3. The largest absolute Gasteiger partial charge is 0.467 e. The molecular weight excluding hydrogens is 126 g/mol. The smallest absolute Gasteiger partial charge is 0.123 e. The van der Waals surface area contributed by atoms with Crippen LogP contribution in [0.4, 0.5) is 0 Å². The molecule has 2 rings (SSSR count). The van der Waals surface area contributed by atoms with Gasteiger partial charge in [-0.2, -0.15) is 0 Å². The molecule has 1 aliphatic carbocycles. The summed E-state index contributed by atoms with van der Waals surface area (Å²) >= 11 is 0. The Morgan fingerprint density at radius 2 is 2.50 bits per heavy atom. The van der Waals surface area contributed by atoms with Gasteiger partial charge < -0.3 is 10.2 Å². The molecule has 0 saturated heterocycles. The molecule has 1 aromatic rings. The van der Waals surface area contributed by atoms with E-state index in [0.717, 1.165) is 18.6 Å². The molecule has 0 spiro atoms. The lowest BCUT2D eigenvalue weighted by Crippen LogP contribution is -2.15. The van der Waals surface area contributed by atoms with E-state index in [9.17, 15) is 0 Å². The molecule has 54 valence electrons. The minimum atomic E-state index is 0.152. The minimum Gasteiger partial charge on any atom is -0.467 e. The summed E-state index contributed by atoms with van der Waals surface area (Å²) in [7, 11) is 0. The summed E-state index contributed by atoms with van der Waals surface area (Å²) in [6.45, 7) is 0. The number of fused-ring (bicyclic) bond motifs is 1. The Balaban J connectivity index is 2.41. The molecule has 0 unspecified atom stereocenters. The maximum atomic E-state index is 5.80. The molecule has 0 radical (unpaired) electrons. The Hall–Kier alpha value is -0.760. The predicted molar refractivity (Wildman–Crippen MR) is 38.6 cm³/mol. The molecule has 1 aromatic heterocycles. The molecule has 0 aliphatic heterocycles. The average Bonchev–Trinajstić information content (AvgIpc) is 2.36. The normalized spacial score (nSPS) is 24.3. The van der Waals surface area contributed by atoms with Gasteiger partial charge in [0.05, 0.1) is 12.3 Å². The molecule has 0 aromatic carbocycles. The van der Waals surface area contributed by atoms with Crippen LogP contribution in [0.3, 0.4) is 0 Å². The summed E-state index contributed by atoms with van der Waals surface area (Å²) in [6, 6.07) is 2.17. The van der Waals surface area contributed by atoms with Crippen LogP contribution in [0.15, 0.2) is 16.7 Å². The first-order chi connectivity index (χ1) is 4.88. The summed E-state index contributed by atoms with van der Waals surface area (Å²) < 4.78 is 5.24. The van der Waals surface area contributed by atoms with E-state index in [2.05, 4.69) is 0 Å². The first-order valence-corrected chi connectivity index (χ1v) is 3.70. The summed E-state index contributed by atoms with van der Waals surface area (Å²) in [5, 5.41) is 0. The lowest BCUT2D eigenvalue weighted by molar-refractivity contribution is 0.423. The Labute approximate surface area is 60.0 Å². The van der Waals surface area contributed by atoms with E-state index in [4.69, 9.17) is 10.2 Å². The Morgan fingerprint density at radius 3 is 3.30 bits per heavy atom. The fraction of sp³-hybridized carbons (Fsp3) is 0.500. The molecule has 1 atom stereocenters. The Kier molecular flexibility index (Phi) is 1.27. The predicted octanol–water partition coefficient (Wildman–Crippen LogP) is 1.62. The number of hydrogen-bond donors (Lipinski definition) is 1. The topological polar surface area (TPSA) is 39.2 Å². The van der Waals surface area contributed by atoms with Crippen molar-refractivity contribution < 1.29 is 4.42 Å². The van der Waals surface area contributed by atoms with Crippen LogP contribution in [0.2, 0.25) is 0 Å². The van der Waals surface area contributed by atoms with E-state index >= 15 is 0 Å². The molecule has 0 saturated carbocycles. The summed E-state index contributed by atoms with van der Waals surface area (Å²) in [5.41, 5.74) is 7.10. The van der Waals surface area contributed by atoms with Crippen molar-refractivity contribution in [1.82, 2.24) is 0 Å². The quantitative estimate of drug-likeness (QED) is 0.590. The van der Waals surface area contributed by atoms with Crippen molar-refractivity contribution in [3.63, 3.8) is 0 Å². The third-order valence-electron chi connectivity index (χ3n) is 2.08. The van der Waals surface area contributed by atoms with Crippen molar-refractivity contribution in [3.05, 3.63) is 23.7 Å². The van der Waals surface area contributed by atoms with Gasteiger partial charge in [-0.15, -0.1) is 0 Å². The molecule has 0 fully saturated rings. The molecule has 0 amide bonds. The zero-order chi connectivity index (χ0) is 6.97. The van der Waals surface area contributed by atoms with Crippen LogP contribution >= 0.6 is 0 Å². The van der Waals surface area contributed by atoms with E-state index < -0.39 is 0 Å². The standard InChI is InChI=1S/C8H11NO/c9-7-3-1-2-6-4-5-10-8(6)7/h4-5,7H,1-3,9H2/t7-/m1/s1. The third kappa shape index (κ3) is 0.762. The second-order valence-corrected chi connectivity index (χ2v) is 2.81. The van der Waals surface area contributed by atoms with Crippen molar-refractivity contribution in [3.8, 4) is 0 Å². The van der Waals surface area contributed by atoms with E-state index in [1.54, 1.807) is 6.26 Å². The van der Waals surface area contributed by atoms with Crippen LogP contribution < -0.4 is 5.73 Å². The number of nitrogens with two attached hydrogens (primary N) is 1. The van der Waals surface area contributed by atoms with E-state index in [-0.39, 0.29) is 6.04 Å². The van der Waals surface area contributed by atoms with Gasteiger partial charge in [0, 0.05) is 0 Å². The zero-order valence-electron chi connectivity index (χ0n) is 5.84. The fourth-order valence-corrected chi connectivity index (χ4v) is 1.52. The summed E-state index contributed by atoms with van der Waals surface area (Å²) in [6.07, 6.45) is 5.14. The summed E-state index contributed by atoms with van der Waals surface area (Å²) in [5.74, 6) is 1.01. The van der Waals surface area contributed by atoms with Crippen LogP contribution in [0.1, 0.15) is 30.2 Å². The van der Waals surface area contributed by atoms with Crippen molar-refractivity contribution in [2.45, 2.75) is 25.3 Å². The first kappa shape index (κ1) is 5.98. The maximum absolute atomic E-state index is 5.80. The average molecular weight is 137 g/mol. The SMILES string of the molecule is N[C@@H]1CCCc2ccoc21. The van der Waals surface area contributed by atoms with Gasteiger partial charge in [0.25, 0.3) is 0 Å². The van der Waals surface area contributed by atoms with Crippen molar-refractivity contribution in [2.75, 3.05) is 0 Å². The molecular formula is C8H11NO. The molecule has 1 aliphatic rings. The second-order valence-electron chi connectivity index (χ2n) is 2.81. The van der Waals surface area contributed by atoms with Crippen molar-refractivity contribution >= 4 is 0 Å². The number of aryl methyl sites for hydroxylation is 1. The van der Waals surface area contributed by atoms with Crippen LogP contribution in [-0.4, -0.2) is 0 Å². The lowest BCUT2D eigenvalue weighted by atomic mass is 9.95. The fourth-order valence-electron chi connectivity index (χ4n) is 1.52. The van der Waals surface area contributed by atoms with Crippen LogP contribution in [-0.2, 0) is 6.42 Å². The van der Waals surface area contributed by atoms with Gasteiger partial charge in [0.1, 0.15) is 5.76 Å². The van der Waals surface area contributed by atoms with Gasteiger partial charge in [-0.1, -0.05) is 0 Å². The molecule has 0 bridgehead atoms. The first-order valence-electron chi connectivity index (χ1n) is 3.70. The summed E-state index contributed by atoms with van der Waals surface area (Å²) in [4.78, 5) is 0. The second kappa shape index (κ2) is 2.13. The Morgan fingerprint density at radius 1 is 1.60 bits per heavy atom. The highest BCUT2D eigenvalue weighted by molar-refractivity contribution is 5.22. The number of hydrogen-bond acceptors (Lipinski definition) is 2. The van der Waals surface area contributed by atoms with Gasteiger partial charge in [-0.05, 0) is 30.9 Å². The van der Waals surface area contributed by atoms with Crippen molar-refractivity contribution in [2.24, 2.45) is 5.73 Å². The highest BCUT2D eigenvalue weighted by Gasteiger charge is 2.18. The Bertz CT molecular complexity index is 229. The van der Waals surface area contributed by atoms with Gasteiger partial charge in [-0.3, -0.25) is 0 Å². The van der Waals surface area contributed by atoms with Crippen molar-refractivity contribution in [1.29, 1.82) is 0 Å². The third-order valence-corrected chi connectivity index (χ3v) is 2.08. The van der Waals surface area contributed by atoms with Gasteiger partial charge in [0.2, 0.25) is 0 Å². The van der Waals surface area contributed by atoms with E-state index in [1.807, 2.05) is 6.07 Å². The van der Waals surface area contributed by atoms with E-state index in [1.165, 1.54) is 12.0 Å². The van der Waals surface area contributed by atoms with Crippen LogP contribution in [0, 0.1) is 0 Å². The molecule has 1 heterocycles. The van der Waals surface area contributed by atoms with Crippen LogP contribution in [0.5, 0.6) is 0 Å². The number of rotatable bonds is 0. The van der Waals surface area contributed by atoms with Gasteiger partial charge in [0.15, 0.2) is 0 Å². The lowest BCUT2D eigenvalue weighted by Gasteiger charge is -2.15.